The van der Waals surface area contributed by atoms with Crippen LogP contribution in [0.15, 0.2) is 24.7 Å². The van der Waals surface area contributed by atoms with Crippen molar-refractivity contribution < 1.29 is 28.3 Å². The maximum atomic E-state index is 13.8. The molecule has 0 aromatic carbocycles. The highest BCUT2D eigenvalue weighted by Gasteiger charge is 2.25. The molecule has 31 heavy (non-hydrogen) atoms. The number of imidazole rings is 1. The van der Waals surface area contributed by atoms with Crippen LogP contribution >= 0.6 is 0 Å². The second-order valence-electron chi connectivity index (χ2n) is 6.76. The molecule has 3 heterocycles. The Labute approximate surface area is 178 Å². The number of aryl methyl sites for hydroxylation is 2. The summed E-state index contributed by atoms with van der Waals surface area (Å²) in [5, 5.41) is 6.89. The lowest BCUT2D eigenvalue weighted by Crippen LogP contribution is -2.38. The molecule has 9 nitrogen and oxygen atoms in total. The number of carbonyl (C=O) groups excluding carboxylic acids is 2. The molecule has 1 N–H and O–H groups in total. The molecular weight excluding hydrogens is 412 g/mol. The second-order valence-corrected chi connectivity index (χ2v) is 6.76. The van der Waals surface area contributed by atoms with Crippen molar-refractivity contribution in [3.8, 4) is 0 Å². The first-order valence-electron chi connectivity index (χ1n) is 9.87. The fraction of sp³-hybridized carbons (Fsp3) is 0.450. The molecule has 0 bridgehead atoms. The normalized spacial score (nSPS) is 13.8. The number of nitrogens with zero attached hydrogens (tertiary/aromatic N) is 5. The molecule has 2 aromatic heterocycles. The highest BCUT2D eigenvalue weighted by molar-refractivity contribution is 5.92. The molecule has 168 valence electrons. The van der Waals surface area contributed by atoms with Gasteiger partial charge in [0, 0.05) is 64.0 Å². The number of halogens is 2. The van der Waals surface area contributed by atoms with Crippen LogP contribution in [0, 0.1) is 11.6 Å². The van der Waals surface area contributed by atoms with Crippen LogP contribution in [-0.4, -0.2) is 73.9 Å². The number of amides is 2. The van der Waals surface area contributed by atoms with Crippen LogP contribution < -0.4 is 0 Å². The van der Waals surface area contributed by atoms with Crippen molar-refractivity contribution in [1.82, 2.24) is 24.3 Å². The average Bonchev–Trinajstić information content (AvgIpc) is 3.06. The Bertz CT molecular complexity index is 905. The first kappa shape index (κ1) is 23.9. The van der Waals surface area contributed by atoms with Crippen LogP contribution in [0.3, 0.4) is 0 Å². The second kappa shape index (κ2) is 11.7. The fourth-order valence-corrected chi connectivity index (χ4v) is 3.32. The van der Waals surface area contributed by atoms with E-state index in [-0.39, 0.29) is 18.9 Å². The van der Waals surface area contributed by atoms with Crippen LogP contribution in [-0.2, 0) is 22.6 Å². The zero-order valence-electron chi connectivity index (χ0n) is 17.2. The molecule has 2 aromatic rings. The van der Waals surface area contributed by atoms with E-state index in [1.807, 2.05) is 17.7 Å². The maximum absolute atomic E-state index is 13.8. The number of aromatic nitrogens is 3. The monoisotopic (exact) mass is 437 g/mol. The molecule has 0 unspecified atom stereocenters. The van der Waals surface area contributed by atoms with Gasteiger partial charge in [0.15, 0.2) is 11.5 Å². The molecule has 0 saturated carbocycles. The first-order chi connectivity index (χ1) is 14.9. The van der Waals surface area contributed by atoms with E-state index in [0.717, 1.165) is 18.4 Å². The Hall–Kier alpha value is -3.37. The third-order valence-corrected chi connectivity index (χ3v) is 4.83. The zero-order chi connectivity index (χ0) is 22.8. The van der Waals surface area contributed by atoms with Gasteiger partial charge in [0.2, 0.25) is 5.91 Å². The van der Waals surface area contributed by atoms with E-state index in [1.165, 1.54) is 4.90 Å². The Balaban J connectivity index is 0.00000107. The van der Waals surface area contributed by atoms with Gasteiger partial charge < -0.3 is 19.5 Å². The van der Waals surface area contributed by atoms with Crippen molar-refractivity contribution in [3.05, 3.63) is 47.8 Å². The molecule has 3 rings (SSSR count). The third-order valence-electron chi connectivity index (χ3n) is 4.83. The highest BCUT2D eigenvalue weighted by atomic mass is 19.1. The van der Waals surface area contributed by atoms with Gasteiger partial charge in [0.05, 0.1) is 6.20 Å². The van der Waals surface area contributed by atoms with Gasteiger partial charge in [-0.2, -0.15) is 0 Å². The Morgan fingerprint density at radius 2 is 1.84 bits per heavy atom. The van der Waals surface area contributed by atoms with Gasteiger partial charge in [0.1, 0.15) is 11.6 Å². The lowest BCUT2D eigenvalue weighted by atomic mass is 10.3. The Kier molecular flexibility index (Phi) is 9.04. The minimum absolute atomic E-state index is 0.0103. The fourth-order valence-electron chi connectivity index (χ4n) is 3.32. The summed E-state index contributed by atoms with van der Waals surface area (Å²) in [5.74, 6) is -1.44. The van der Waals surface area contributed by atoms with E-state index in [4.69, 9.17) is 9.90 Å². The number of carboxylic acid groups (broad SMARTS) is 1. The molecule has 1 fully saturated rings. The summed E-state index contributed by atoms with van der Waals surface area (Å²) in [6, 6.07) is 0.647. The minimum atomic E-state index is -0.978. The zero-order valence-corrected chi connectivity index (χ0v) is 17.2. The van der Waals surface area contributed by atoms with Gasteiger partial charge in [-0.05, 0) is 6.42 Å². The number of carbonyl (C=O) groups is 3. The van der Waals surface area contributed by atoms with Gasteiger partial charge in [-0.3, -0.25) is 14.4 Å². The molecule has 2 amide bonds. The predicted molar refractivity (Wildman–Crippen MR) is 106 cm³/mol. The van der Waals surface area contributed by atoms with Crippen molar-refractivity contribution in [2.45, 2.75) is 32.7 Å². The lowest BCUT2D eigenvalue weighted by Gasteiger charge is -2.22. The first-order valence-corrected chi connectivity index (χ1v) is 9.87. The standard InChI is InChI=1S/C19H23F2N5O2.CH2O2/c1-2-16-22-5-9-24(16)8-4-17(27)25-6-3-7-26(11-10-25)19(28)18-15(21)12-14(20)13-23-18;2-1-3/h5,9,12-13H,2-4,6-8,10-11H2,1H3;1H,(H,2,3). The van der Waals surface area contributed by atoms with E-state index in [1.54, 1.807) is 11.1 Å². The third kappa shape index (κ3) is 6.56. The molecule has 0 radical (unpaired) electrons. The summed E-state index contributed by atoms with van der Waals surface area (Å²) in [7, 11) is 0. The number of hydrogen-bond donors (Lipinski definition) is 1. The quantitative estimate of drug-likeness (QED) is 0.712. The van der Waals surface area contributed by atoms with E-state index in [0.29, 0.717) is 45.1 Å². The number of rotatable bonds is 5. The van der Waals surface area contributed by atoms with Crippen LogP contribution in [0.2, 0.25) is 0 Å². The molecule has 0 atom stereocenters. The smallest absolute Gasteiger partial charge is 0.290 e. The summed E-state index contributed by atoms with van der Waals surface area (Å²) < 4.78 is 28.8. The molecule has 1 aliphatic heterocycles. The van der Waals surface area contributed by atoms with Crippen molar-refractivity contribution in [1.29, 1.82) is 0 Å². The van der Waals surface area contributed by atoms with Gasteiger partial charge in [-0.25, -0.2) is 18.7 Å². The van der Waals surface area contributed by atoms with Gasteiger partial charge >= 0.3 is 0 Å². The van der Waals surface area contributed by atoms with Gasteiger partial charge in [-0.1, -0.05) is 6.92 Å². The predicted octanol–water partition coefficient (Wildman–Crippen LogP) is 1.58. The van der Waals surface area contributed by atoms with Crippen molar-refractivity contribution >= 4 is 18.3 Å². The molecule has 1 aliphatic rings. The van der Waals surface area contributed by atoms with Gasteiger partial charge in [0.25, 0.3) is 12.4 Å². The van der Waals surface area contributed by atoms with Crippen LogP contribution in [0.25, 0.3) is 0 Å². The number of pyridine rings is 1. The topological polar surface area (TPSA) is 109 Å². The lowest BCUT2D eigenvalue weighted by molar-refractivity contribution is -0.131. The van der Waals surface area contributed by atoms with E-state index >= 15 is 0 Å². The Morgan fingerprint density at radius 1 is 1.16 bits per heavy atom. The van der Waals surface area contributed by atoms with Crippen LogP contribution in [0.1, 0.15) is 36.1 Å². The molecular formula is C20H25F2N5O4. The molecule has 1 saturated heterocycles. The van der Waals surface area contributed by atoms with Crippen molar-refractivity contribution in [3.63, 3.8) is 0 Å². The number of hydrogen-bond acceptors (Lipinski definition) is 5. The minimum Gasteiger partial charge on any atom is -0.483 e. The average molecular weight is 437 g/mol. The molecule has 0 aliphatic carbocycles. The maximum Gasteiger partial charge on any atom is 0.290 e. The van der Waals surface area contributed by atoms with E-state index in [2.05, 4.69) is 9.97 Å². The van der Waals surface area contributed by atoms with E-state index < -0.39 is 23.2 Å². The largest absolute Gasteiger partial charge is 0.483 e. The summed E-state index contributed by atoms with van der Waals surface area (Å²) in [6.45, 7) is 3.91. The SMILES string of the molecule is CCc1nccn1CCC(=O)N1CCCN(C(=O)c2ncc(F)cc2F)CC1.O=CO. The summed E-state index contributed by atoms with van der Waals surface area (Å²) >= 11 is 0. The molecule has 0 spiro atoms. The Morgan fingerprint density at radius 3 is 2.52 bits per heavy atom. The van der Waals surface area contributed by atoms with Crippen molar-refractivity contribution in [2.75, 3.05) is 26.2 Å². The van der Waals surface area contributed by atoms with Crippen LogP contribution in [0.5, 0.6) is 0 Å². The van der Waals surface area contributed by atoms with Gasteiger partial charge in [-0.15, -0.1) is 0 Å². The van der Waals surface area contributed by atoms with E-state index in [9.17, 15) is 18.4 Å². The summed E-state index contributed by atoms with van der Waals surface area (Å²) in [4.78, 5) is 44.4. The highest BCUT2D eigenvalue weighted by Crippen LogP contribution is 2.13. The molecule has 11 heteroatoms. The summed E-state index contributed by atoms with van der Waals surface area (Å²) in [6.07, 6.45) is 6.15. The van der Waals surface area contributed by atoms with Crippen LogP contribution in [0.4, 0.5) is 8.78 Å². The summed E-state index contributed by atoms with van der Waals surface area (Å²) in [5.41, 5.74) is -0.395. The van der Waals surface area contributed by atoms with Crippen molar-refractivity contribution in [2.24, 2.45) is 0 Å².